The van der Waals surface area contributed by atoms with Crippen LogP contribution in [0, 0.1) is 11.2 Å². The van der Waals surface area contributed by atoms with Gasteiger partial charge in [-0.25, -0.2) is 14.2 Å². The minimum Gasteiger partial charge on any atom is -0.477 e. The number of rotatable bonds is 5. The summed E-state index contributed by atoms with van der Waals surface area (Å²) in [6.45, 7) is 0.979. The van der Waals surface area contributed by atoms with Crippen LogP contribution in [-0.4, -0.2) is 45.1 Å². The Morgan fingerprint density at radius 1 is 1.10 bits per heavy atom. The Morgan fingerprint density at radius 3 is 2.26 bits per heavy atom. The number of nitrogens with two attached hydrogens (primary N) is 1. The van der Waals surface area contributed by atoms with E-state index in [1.165, 1.54) is 31.2 Å². The summed E-state index contributed by atoms with van der Waals surface area (Å²) < 4.78 is 24.6. The molecule has 1 aromatic carbocycles. The highest BCUT2D eigenvalue weighted by atomic mass is 19.1. The van der Waals surface area contributed by atoms with E-state index in [1.54, 1.807) is 24.5 Å². The largest absolute Gasteiger partial charge is 0.477 e. The van der Waals surface area contributed by atoms with E-state index in [2.05, 4.69) is 15.0 Å². The van der Waals surface area contributed by atoms with Crippen molar-refractivity contribution in [3.63, 3.8) is 0 Å². The standard InChI is InChI=1S/C21H19FN4O5/c1-20(17(23)27)10-30-21(19(28)29,31-11-20)18-25-15(12-2-4-14(22)5-3-12)16(26-18)13-6-8-24-9-7-13/h2-9H,10-11H2,1H3,(H2,23,27)(H,25,26)(H,28,29). The fourth-order valence-corrected chi connectivity index (χ4v) is 3.18. The first-order chi connectivity index (χ1) is 14.7. The lowest BCUT2D eigenvalue weighted by atomic mass is 9.90. The molecule has 4 N–H and O–H groups in total. The van der Waals surface area contributed by atoms with Gasteiger partial charge in [0.25, 0.3) is 0 Å². The van der Waals surface area contributed by atoms with E-state index in [0.29, 0.717) is 22.5 Å². The van der Waals surface area contributed by atoms with E-state index in [4.69, 9.17) is 15.2 Å². The van der Waals surface area contributed by atoms with Crippen molar-refractivity contribution in [3.05, 3.63) is 60.4 Å². The Bertz CT molecular complexity index is 1120. The Kier molecular flexibility index (Phi) is 5.03. The molecule has 0 unspecified atom stereocenters. The number of aliphatic carboxylic acids is 1. The Morgan fingerprint density at radius 2 is 1.71 bits per heavy atom. The summed E-state index contributed by atoms with van der Waals surface area (Å²) in [5, 5.41) is 9.94. The van der Waals surface area contributed by atoms with Crippen LogP contribution >= 0.6 is 0 Å². The normalized spacial score (nSPS) is 23.4. The molecule has 9 nitrogen and oxygen atoms in total. The molecule has 0 bridgehead atoms. The molecule has 1 aliphatic rings. The zero-order chi connectivity index (χ0) is 22.2. The number of benzene rings is 1. The highest BCUT2D eigenvalue weighted by Crippen LogP contribution is 2.39. The highest BCUT2D eigenvalue weighted by molar-refractivity contribution is 5.83. The number of carboxylic acids is 1. The summed E-state index contributed by atoms with van der Waals surface area (Å²) in [6.07, 6.45) is 3.15. The Labute approximate surface area is 176 Å². The number of imidazole rings is 1. The van der Waals surface area contributed by atoms with Gasteiger partial charge in [-0.1, -0.05) is 0 Å². The molecular formula is C21H19FN4O5. The van der Waals surface area contributed by atoms with Crippen molar-refractivity contribution in [1.29, 1.82) is 0 Å². The molecule has 3 aromatic rings. The first kappa shape index (κ1) is 20.6. The minimum atomic E-state index is -2.27. The van der Waals surface area contributed by atoms with Gasteiger partial charge in [0.15, 0.2) is 5.82 Å². The van der Waals surface area contributed by atoms with Gasteiger partial charge in [-0.2, -0.15) is 0 Å². The Balaban J connectivity index is 1.84. The molecule has 31 heavy (non-hydrogen) atoms. The monoisotopic (exact) mass is 426 g/mol. The molecule has 2 aromatic heterocycles. The second kappa shape index (κ2) is 7.56. The predicted octanol–water partition coefficient (Wildman–Crippen LogP) is 2.05. The van der Waals surface area contributed by atoms with Gasteiger partial charge < -0.3 is 25.3 Å². The zero-order valence-corrected chi connectivity index (χ0v) is 16.5. The molecule has 0 aliphatic carbocycles. The summed E-state index contributed by atoms with van der Waals surface area (Å²) in [6, 6.07) is 9.03. The molecule has 10 heteroatoms. The predicted molar refractivity (Wildman–Crippen MR) is 106 cm³/mol. The second-order valence-corrected chi connectivity index (χ2v) is 7.48. The molecule has 1 amide bonds. The van der Waals surface area contributed by atoms with Gasteiger partial charge in [-0.15, -0.1) is 0 Å². The van der Waals surface area contributed by atoms with Crippen molar-refractivity contribution in [2.75, 3.05) is 13.2 Å². The van der Waals surface area contributed by atoms with Gasteiger partial charge in [0.1, 0.15) is 5.82 Å². The maximum atomic E-state index is 13.4. The SMILES string of the molecule is CC1(C(N)=O)COC(C(=O)O)(c2nc(-c3ccc(F)cc3)c(-c3ccncc3)[nH]2)OC1. The number of H-pyrrole nitrogens is 1. The molecule has 4 rings (SSSR count). The summed E-state index contributed by atoms with van der Waals surface area (Å²) in [5.41, 5.74) is 6.28. The van der Waals surface area contributed by atoms with Gasteiger partial charge in [0.05, 0.1) is 30.0 Å². The summed E-state index contributed by atoms with van der Waals surface area (Å²) >= 11 is 0. The minimum absolute atomic E-state index is 0.127. The number of carbonyl (C=O) groups excluding carboxylic acids is 1. The molecular weight excluding hydrogens is 407 g/mol. The number of halogens is 1. The van der Waals surface area contributed by atoms with Crippen molar-refractivity contribution >= 4 is 11.9 Å². The van der Waals surface area contributed by atoms with E-state index in [1.807, 2.05) is 0 Å². The van der Waals surface area contributed by atoms with Crippen LogP contribution in [-0.2, 0) is 24.8 Å². The smallest absolute Gasteiger partial charge is 0.373 e. The van der Waals surface area contributed by atoms with Crippen molar-refractivity contribution < 1.29 is 28.6 Å². The molecule has 3 heterocycles. The molecule has 0 spiro atoms. The maximum absolute atomic E-state index is 13.4. The third-order valence-electron chi connectivity index (χ3n) is 5.17. The average molecular weight is 426 g/mol. The number of aromatic amines is 1. The molecule has 0 atom stereocenters. The van der Waals surface area contributed by atoms with Crippen molar-refractivity contribution in [2.45, 2.75) is 12.7 Å². The van der Waals surface area contributed by atoms with E-state index in [-0.39, 0.29) is 19.0 Å². The number of aromatic nitrogens is 3. The molecule has 1 aliphatic heterocycles. The number of ether oxygens (including phenoxy) is 2. The lowest BCUT2D eigenvalue weighted by Crippen LogP contribution is -2.55. The number of hydrogen-bond acceptors (Lipinski definition) is 6. The third-order valence-corrected chi connectivity index (χ3v) is 5.17. The van der Waals surface area contributed by atoms with Crippen LogP contribution in [0.2, 0.25) is 0 Å². The van der Waals surface area contributed by atoms with Gasteiger partial charge >= 0.3 is 11.8 Å². The molecule has 160 valence electrons. The lowest BCUT2D eigenvalue weighted by molar-refractivity contribution is -0.300. The summed E-state index contributed by atoms with van der Waals surface area (Å²) in [5.74, 6) is -4.93. The fourth-order valence-electron chi connectivity index (χ4n) is 3.18. The van der Waals surface area contributed by atoms with Crippen LogP contribution in [0.25, 0.3) is 22.5 Å². The van der Waals surface area contributed by atoms with Gasteiger partial charge in [0.2, 0.25) is 5.91 Å². The fraction of sp³-hybridized carbons (Fsp3) is 0.238. The number of hydrogen-bond donors (Lipinski definition) is 3. The maximum Gasteiger partial charge on any atom is 0.373 e. The van der Waals surface area contributed by atoms with Crippen molar-refractivity contribution in [1.82, 2.24) is 15.0 Å². The second-order valence-electron chi connectivity index (χ2n) is 7.48. The topological polar surface area (TPSA) is 140 Å². The molecule has 0 saturated carbocycles. The first-order valence-corrected chi connectivity index (χ1v) is 9.33. The number of nitrogens with one attached hydrogen (secondary N) is 1. The van der Waals surface area contributed by atoms with E-state index in [9.17, 15) is 19.1 Å². The lowest BCUT2D eigenvalue weighted by Gasteiger charge is -2.39. The van der Waals surface area contributed by atoms with Crippen LogP contribution in [0.1, 0.15) is 12.7 Å². The summed E-state index contributed by atoms with van der Waals surface area (Å²) in [4.78, 5) is 35.3. The zero-order valence-electron chi connectivity index (χ0n) is 16.5. The van der Waals surface area contributed by atoms with Crippen LogP contribution in [0.15, 0.2) is 48.8 Å². The van der Waals surface area contributed by atoms with Crippen molar-refractivity contribution in [3.8, 4) is 22.5 Å². The summed E-state index contributed by atoms with van der Waals surface area (Å²) in [7, 11) is 0. The highest BCUT2D eigenvalue weighted by Gasteiger charge is 2.54. The van der Waals surface area contributed by atoms with Gasteiger partial charge in [-0.3, -0.25) is 9.78 Å². The number of carbonyl (C=O) groups is 2. The van der Waals surface area contributed by atoms with E-state index >= 15 is 0 Å². The van der Waals surface area contributed by atoms with Crippen LogP contribution in [0.5, 0.6) is 0 Å². The number of amides is 1. The van der Waals surface area contributed by atoms with Crippen LogP contribution in [0.4, 0.5) is 4.39 Å². The first-order valence-electron chi connectivity index (χ1n) is 9.33. The molecule has 0 radical (unpaired) electrons. The van der Waals surface area contributed by atoms with Gasteiger partial charge in [-0.05, 0) is 43.3 Å². The number of primary amides is 1. The van der Waals surface area contributed by atoms with Gasteiger partial charge in [0, 0.05) is 23.5 Å². The average Bonchev–Trinajstić information content (AvgIpc) is 3.21. The molecule has 1 fully saturated rings. The third kappa shape index (κ3) is 3.56. The molecule has 1 saturated heterocycles. The van der Waals surface area contributed by atoms with E-state index < -0.39 is 28.9 Å². The number of nitrogens with zero attached hydrogens (tertiary/aromatic N) is 2. The van der Waals surface area contributed by atoms with Crippen LogP contribution in [0.3, 0.4) is 0 Å². The quantitative estimate of drug-likeness (QED) is 0.567. The van der Waals surface area contributed by atoms with Crippen molar-refractivity contribution in [2.24, 2.45) is 11.1 Å². The van der Waals surface area contributed by atoms with E-state index in [0.717, 1.165) is 0 Å². The Hall–Kier alpha value is -3.63. The van der Waals surface area contributed by atoms with Crippen LogP contribution < -0.4 is 5.73 Å². The number of pyridine rings is 1. The number of carboxylic acid groups (broad SMARTS) is 1.